The first-order valence-electron chi connectivity index (χ1n) is 8.46. The molecule has 2 heterocycles. The molecule has 0 aromatic heterocycles. The van der Waals surface area contributed by atoms with Gasteiger partial charge in [-0.2, -0.15) is 0 Å². The summed E-state index contributed by atoms with van der Waals surface area (Å²) in [5, 5.41) is 3.11. The zero-order valence-corrected chi connectivity index (χ0v) is 13.0. The lowest BCUT2D eigenvalue weighted by Gasteiger charge is -2.33. The molecule has 3 aliphatic rings. The van der Waals surface area contributed by atoms with Crippen molar-refractivity contribution in [3.05, 3.63) is 0 Å². The van der Waals surface area contributed by atoms with Gasteiger partial charge in [-0.15, -0.1) is 0 Å². The maximum Gasteiger partial charge on any atom is 0.226 e. The van der Waals surface area contributed by atoms with E-state index < -0.39 is 0 Å². The summed E-state index contributed by atoms with van der Waals surface area (Å²) >= 11 is 0. The van der Waals surface area contributed by atoms with Crippen molar-refractivity contribution in [2.24, 2.45) is 11.8 Å². The van der Waals surface area contributed by atoms with Crippen LogP contribution >= 0.6 is 0 Å². The third-order valence-electron chi connectivity index (χ3n) is 5.29. The number of fused-ring (bicyclic) bond motifs is 3. The molecule has 3 fully saturated rings. The topological polar surface area (TPSA) is 52.7 Å². The van der Waals surface area contributed by atoms with Crippen LogP contribution in [0.3, 0.4) is 0 Å². The molecule has 0 aromatic rings. The largest absolute Gasteiger partial charge is 0.350 e. The summed E-state index contributed by atoms with van der Waals surface area (Å²) in [6.07, 6.45) is 5.63. The van der Waals surface area contributed by atoms with Crippen LogP contribution in [0.2, 0.25) is 0 Å². The van der Waals surface area contributed by atoms with Gasteiger partial charge in [-0.1, -0.05) is 19.8 Å². The molecule has 3 rings (SSSR count). The highest BCUT2D eigenvalue weighted by Gasteiger charge is 2.37. The molecule has 21 heavy (non-hydrogen) atoms. The molecule has 2 bridgehead atoms. The minimum absolute atomic E-state index is 0.0648. The lowest BCUT2D eigenvalue weighted by Crippen LogP contribution is -2.49. The molecule has 0 aromatic carbocycles. The van der Waals surface area contributed by atoms with Crippen molar-refractivity contribution in [1.29, 1.82) is 0 Å². The predicted octanol–water partition coefficient (Wildman–Crippen LogP) is 0.845. The maximum absolute atomic E-state index is 12.6. The van der Waals surface area contributed by atoms with E-state index in [4.69, 9.17) is 0 Å². The molecule has 0 radical (unpaired) electrons. The number of hydrogen-bond donors (Lipinski definition) is 1. The minimum Gasteiger partial charge on any atom is -0.350 e. The minimum atomic E-state index is -0.0648. The molecule has 5 heteroatoms. The highest BCUT2D eigenvalue weighted by Crippen LogP contribution is 2.28. The van der Waals surface area contributed by atoms with E-state index in [1.165, 1.54) is 25.7 Å². The van der Waals surface area contributed by atoms with Crippen LogP contribution in [-0.4, -0.2) is 60.4 Å². The Hall–Kier alpha value is -1.10. The first-order valence-corrected chi connectivity index (χ1v) is 8.46. The Morgan fingerprint density at radius 3 is 2.67 bits per heavy atom. The first-order chi connectivity index (χ1) is 10.2. The van der Waals surface area contributed by atoms with Gasteiger partial charge < -0.3 is 15.1 Å². The average molecular weight is 293 g/mol. The van der Waals surface area contributed by atoms with Gasteiger partial charge >= 0.3 is 0 Å². The third-order valence-corrected chi connectivity index (χ3v) is 5.29. The van der Waals surface area contributed by atoms with E-state index in [9.17, 15) is 9.59 Å². The fraction of sp³-hybridized carbons (Fsp3) is 0.875. The lowest BCUT2D eigenvalue weighted by molar-refractivity contribution is -0.133. The zero-order valence-electron chi connectivity index (χ0n) is 13.0. The van der Waals surface area contributed by atoms with E-state index in [1.54, 1.807) is 0 Å². The van der Waals surface area contributed by atoms with E-state index in [-0.39, 0.29) is 23.8 Å². The van der Waals surface area contributed by atoms with Crippen LogP contribution in [-0.2, 0) is 9.59 Å². The van der Waals surface area contributed by atoms with Crippen molar-refractivity contribution in [2.45, 2.75) is 45.1 Å². The number of amides is 2. The number of rotatable bonds is 3. The van der Waals surface area contributed by atoms with Crippen molar-refractivity contribution in [2.75, 3.05) is 32.7 Å². The van der Waals surface area contributed by atoms with Crippen LogP contribution in [0, 0.1) is 11.8 Å². The molecule has 1 saturated carbocycles. The van der Waals surface area contributed by atoms with Gasteiger partial charge in [0.15, 0.2) is 0 Å². The van der Waals surface area contributed by atoms with Crippen LogP contribution in [0.1, 0.15) is 39.0 Å². The number of nitrogens with one attached hydrogen (secondary N) is 1. The van der Waals surface area contributed by atoms with E-state index in [0.29, 0.717) is 25.4 Å². The van der Waals surface area contributed by atoms with Crippen molar-refractivity contribution in [3.8, 4) is 0 Å². The van der Waals surface area contributed by atoms with Gasteiger partial charge in [-0.25, -0.2) is 0 Å². The van der Waals surface area contributed by atoms with Gasteiger partial charge in [-0.3, -0.25) is 9.59 Å². The second kappa shape index (κ2) is 6.34. The monoisotopic (exact) mass is 293 g/mol. The lowest BCUT2D eigenvalue weighted by atomic mass is 10.0. The highest BCUT2D eigenvalue weighted by atomic mass is 16.2. The number of likely N-dealkylation sites (N-methyl/N-ethyl adjacent to an activating group) is 1. The fourth-order valence-electron chi connectivity index (χ4n) is 4.05. The van der Waals surface area contributed by atoms with E-state index >= 15 is 0 Å². The molecular weight excluding hydrogens is 266 g/mol. The Labute approximate surface area is 127 Å². The van der Waals surface area contributed by atoms with Gasteiger partial charge in [0.2, 0.25) is 11.8 Å². The van der Waals surface area contributed by atoms with E-state index in [2.05, 4.69) is 17.1 Å². The molecule has 0 unspecified atom stereocenters. The molecule has 2 aliphatic heterocycles. The van der Waals surface area contributed by atoms with Crippen LogP contribution in [0.25, 0.3) is 0 Å². The standard InChI is InChI=1S/C16H27N3O2/c1-2-18-8-13-9-19(11-14(10-18)17-16(13)21)15(20)7-12-5-3-4-6-12/h12-14H,2-11H2,1H3,(H,17,21)/t13-,14+/m1/s1. The van der Waals surface area contributed by atoms with E-state index in [1.807, 2.05) is 4.90 Å². The molecule has 2 amide bonds. The molecule has 1 aliphatic carbocycles. The van der Waals surface area contributed by atoms with Crippen molar-refractivity contribution < 1.29 is 9.59 Å². The van der Waals surface area contributed by atoms with Crippen molar-refractivity contribution in [3.63, 3.8) is 0 Å². The first kappa shape index (κ1) is 14.8. The summed E-state index contributed by atoms with van der Waals surface area (Å²) in [5.74, 6) is 0.909. The maximum atomic E-state index is 12.6. The predicted molar refractivity (Wildman–Crippen MR) is 80.7 cm³/mol. The van der Waals surface area contributed by atoms with Crippen molar-refractivity contribution in [1.82, 2.24) is 15.1 Å². The van der Waals surface area contributed by atoms with Crippen LogP contribution in [0.5, 0.6) is 0 Å². The molecule has 2 atom stereocenters. The SMILES string of the molecule is CCN1C[C@H]2CN(C(=O)CC3CCCC3)C[C@@H](C1)C(=O)N2. The summed E-state index contributed by atoms with van der Waals surface area (Å²) in [4.78, 5) is 29.0. The quantitative estimate of drug-likeness (QED) is 0.839. The smallest absolute Gasteiger partial charge is 0.226 e. The normalized spacial score (nSPS) is 31.1. The Balaban J connectivity index is 1.65. The summed E-state index contributed by atoms with van der Waals surface area (Å²) in [7, 11) is 0. The molecule has 0 spiro atoms. The number of carbonyl (C=O) groups is 2. The summed E-state index contributed by atoms with van der Waals surface area (Å²) < 4.78 is 0. The van der Waals surface area contributed by atoms with Gasteiger partial charge in [0.25, 0.3) is 0 Å². The second-order valence-electron chi connectivity index (χ2n) is 6.91. The molecule has 5 nitrogen and oxygen atoms in total. The van der Waals surface area contributed by atoms with Crippen LogP contribution in [0.15, 0.2) is 0 Å². The average Bonchev–Trinajstić information content (AvgIpc) is 2.82. The summed E-state index contributed by atoms with van der Waals surface area (Å²) in [6.45, 7) is 6.04. The van der Waals surface area contributed by atoms with Crippen LogP contribution in [0.4, 0.5) is 0 Å². The molecule has 1 N–H and O–H groups in total. The van der Waals surface area contributed by atoms with Gasteiger partial charge in [0.1, 0.15) is 0 Å². The van der Waals surface area contributed by atoms with Crippen molar-refractivity contribution >= 4 is 11.8 Å². The molecule has 118 valence electrons. The van der Waals surface area contributed by atoms with E-state index in [0.717, 1.165) is 19.6 Å². The Morgan fingerprint density at radius 2 is 1.95 bits per heavy atom. The zero-order chi connectivity index (χ0) is 14.8. The number of hydrogen-bond acceptors (Lipinski definition) is 3. The number of nitrogens with zero attached hydrogens (tertiary/aromatic N) is 2. The van der Waals surface area contributed by atoms with Gasteiger partial charge in [0, 0.05) is 32.6 Å². The van der Waals surface area contributed by atoms with Gasteiger partial charge in [0.05, 0.1) is 12.0 Å². The van der Waals surface area contributed by atoms with Gasteiger partial charge in [-0.05, 0) is 25.3 Å². The van der Waals surface area contributed by atoms with Crippen LogP contribution < -0.4 is 5.32 Å². The number of carbonyl (C=O) groups excluding carboxylic acids is 2. The Morgan fingerprint density at radius 1 is 1.19 bits per heavy atom. The highest BCUT2D eigenvalue weighted by molar-refractivity contribution is 5.82. The fourth-order valence-corrected chi connectivity index (χ4v) is 4.05. The summed E-state index contributed by atoms with van der Waals surface area (Å²) in [5.41, 5.74) is 0. The molecular formula is C16H27N3O2. The Bertz CT molecular complexity index is 406. The second-order valence-corrected chi connectivity index (χ2v) is 6.91. The summed E-state index contributed by atoms with van der Waals surface area (Å²) in [6, 6.07) is 0.0949. The Kier molecular flexibility index (Phi) is 4.48. The molecule has 2 saturated heterocycles. The third kappa shape index (κ3) is 3.39.